The third kappa shape index (κ3) is 3.24. The highest BCUT2D eigenvalue weighted by molar-refractivity contribution is 7.89. The van der Waals surface area contributed by atoms with Crippen LogP contribution in [-0.2, 0) is 10.0 Å². The first-order valence-corrected chi connectivity index (χ1v) is 8.59. The van der Waals surface area contributed by atoms with Crippen molar-refractivity contribution in [1.29, 1.82) is 0 Å². The number of halogens is 2. The van der Waals surface area contributed by atoms with Crippen LogP contribution < -0.4 is 10.5 Å². The molecule has 0 aliphatic rings. The second-order valence-corrected chi connectivity index (χ2v) is 7.42. The summed E-state index contributed by atoms with van der Waals surface area (Å²) in [5.74, 6) is 0. The van der Waals surface area contributed by atoms with Gasteiger partial charge in [-0.1, -0.05) is 23.2 Å². The smallest absolute Gasteiger partial charge is 0.244 e. The largest absolute Gasteiger partial charge is 0.399 e. The average molecular weight is 352 g/mol. The molecule has 0 radical (unpaired) electrons. The Balaban J connectivity index is 2.37. The van der Waals surface area contributed by atoms with Crippen LogP contribution in [0.5, 0.6) is 0 Å². The van der Waals surface area contributed by atoms with E-state index in [1.165, 1.54) is 23.5 Å². The van der Waals surface area contributed by atoms with E-state index in [0.29, 0.717) is 10.7 Å². The lowest BCUT2D eigenvalue weighted by Gasteiger charge is -2.14. The first-order chi connectivity index (χ1) is 9.31. The van der Waals surface area contributed by atoms with Crippen LogP contribution in [0, 0.1) is 0 Å². The Bertz CT molecular complexity index is 694. The second kappa shape index (κ2) is 5.87. The molecule has 1 atom stereocenters. The molecule has 1 aromatic heterocycles. The Labute approximate surface area is 130 Å². The van der Waals surface area contributed by atoms with Gasteiger partial charge in [0, 0.05) is 17.3 Å². The van der Waals surface area contributed by atoms with E-state index in [1.54, 1.807) is 18.5 Å². The highest BCUT2D eigenvalue weighted by Crippen LogP contribution is 2.32. The molecule has 0 spiro atoms. The van der Waals surface area contributed by atoms with Gasteiger partial charge in [0.2, 0.25) is 10.0 Å². The van der Waals surface area contributed by atoms with E-state index in [4.69, 9.17) is 28.9 Å². The van der Waals surface area contributed by atoms with Crippen LogP contribution in [0.15, 0.2) is 28.6 Å². The fourth-order valence-corrected chi connectivity index (χ4v) is 4.79. The fraction of sp³-hybridized carbons (Fsp3) is 0.182. The number of sulfonamides is 1. The standard InChI is InChI=1S/C11H11Cl2N3O2S2/c1-6(11-15-2-3-19-11)16-20(17,18)10-8(12)4-7(14)5-9(10)13/h2-6,16H,14H2,1H3. The van der Waals surface area contributed by atoms with Gasteiger partial charge >= 0.3 is 0 Å². The lowest BCUT2D eigenvalue weighted by Crippen LogP contribution is -2.27. The number of nitrogen functional groups attached to an aromatic ring is 1. The number of nitrogens with one attached hydrogen (secondary N) is 1. The highest BCUT2D eigenvalue weighted by atomic mass is 35.5. The predicted octanol–water partition coefficient (Wildman–Crippen LogP) is 3.07. The summed E-state index contributed by atoms with van der Waals surface area (Å²) in [7, 11) is -3.87. The van der Waals surface area contributed by atoms with Gasteiger partial charge in [0.05, 0.1) is 16.1 Å². The van der Waals surface area contributed by atoms with Crippen molar-refractivity contribution in [2.45, 2.75) is 17.9 Å². The molecule has 0 bridgehead atoms. The quantitative estimate of drug-likeness (QED) is 0.828. The molecule has 5 nitrogen and oxygen atoms in total. The van der Waals surface area contributed by atoms with E-state index in [0.717, 1.165) is 0 Å². The molecule has 1 aromatic carbocycles. The summed E-state index contributed by atoms with van der Waals surface area (Å²) in [5.41, 5.74) is 5.86. The Morgan fingerprint density at radius 2 is 1.95 bits per heavy atom. The zero-order valence-electron chi connectivity index (χ0n) is 10.3. The monoisotopic (exact) mass is 351 g/mol. The molecule has 2 aromatic rings. The van der Waals surface area contributed by atoms with Crippen molar-refractivity contribution in [3.05, 3.63) is 38.8 Å². The molecule has 0 aliphatic carbocycles. The van der Waals surface area contributed by atoms with E-state index in [-0.39, 0.29) is 14.9 Å². The van der Waals surface area contributed by atoms with E-state index in [1.807, 2.05) is 0 Å². The number of rotatable bonds is 4. The number of aromatic nitrogens is 1. The van der Waals surface area contributed by atoms with Gasteiger partial charge < -0.3 is 5.73 Å². The van der Waals surface area contributed by atoms with Crippen LogP contribution in [0.3, 0.4) is 0 Å². The molecular formula is C11H11Cl2N3O2S2. The number of nitrogens with two attached hydrogens (primary N) is 1. The molecule has 1 unspecified atom stereocenters. The molecule has 0 saturated heterocycles. The second-order valence-electron chi connectivity index (χ2n) is 4.03. The fourth-order valence-electron chi connectivity index (χ4n) is 1.63. The van der Waals surface area contributed by atoms with Gasteiger partial charge in [-0.2, -0.15) is 0 Å². The lowest BCUT2D eigenvalue weighted by atomic mass is 10.3. The van der Waals surface area contributed by atoms with Gasteiger partial charge in [0.1, 0.15) is 9.90 Å². The Morgan fingerprint density at radius 1 is 1.35 bits per heavy atom. The maximum Gasteiger partial charge on any atom is 0.244 e. The van der Waals surface area contributed by atoms with Crippen LogP contribution in [0.2, 0.25) is 10.0 Å². The molecular weight excluding hydrogens is 341 g/mol. The van der Waals surface area contributed by atoms with E-state index >= 15 is 0 Å². The molecule has 0 fully saturated rings. The van der Waals surface area contributed by atoms with Gasteiger partial charge in [-0.05, 0) is 19.1 Å². The first kappa shape index (κ1) is 15.5. The number of benzene rings is 1. The predicted molar refractivity (Wildman–Crippen MR) is 81.7 cm³/mol. The van der Waals surface area contributed by atoms with Crippen molar-refractivity contribution < 1.29 is 8.42 Å². The number of thiazole rings is 1. The van der Waals surface area contributed by atoms with Gasteiger partial charge in [-0.15, -0.1) is 11.3 Å². The minimum atomic E-state index is -3.87. The van der Waals surface area contributed by atoms with Gasteiger partial charge in [0.15, 0.2) is 0 Å². The summed E-state index contributed by atoms with van der Waals surface area (Å²) in [4.78, 5) is 3.88. The van der Waals surface area contributed by atoms with Gasteiger partial charge in [0.25, 0.3) is 0 Å². The molecule has 2 rings (SSSR count). The summed E-state index contributed by atoms with van der Waals surface area (Å²) >= 11 is 13.2. The maximum absolute atomic E-state index is 12.3. The summed E-state index contributed by atoms with van der Waals surface area (Å²) in [6.07, 6.45) is 1.61. The molecule has 20 heavy (non-hydrogen) atoms. The van der Waals surface area contributed by atoms with E-state index < -0.39 is 16.1 Å². The van der Waals surface area contributed by atoms with Crippen molar-refractivity contribution in [2.24, 2.45) is 0 Å². The van der Waals surface area contributed by atoms with Crippen LogP contribution >= 0.6 is 34.5 Å². The van der Waals surface area contributed by atoms with E-state index in [2.05, 4.69) is 9.71 Å². The summed E-state index contributed by atoms with van der Waals surface area (Å²) in [5, 5.41) is 2.38. The SMILES string of the molecule is CC(NS(=O)(=O)c1c(Cl)cc(N)cc1Cl)c1nccs1. The number of nitrogens with zero attached hydrogens (tertiary/aromatic N) is 1. The van der Waals surface area contributed by atoms with Crippen LogP contribution in [-0.4, -0.2) is 13.4 Å². The molecule has 1 heterocycles. The van der Waals surface area contributed by atoms with Gasteiger partial charge in [-0.3, -0.25) is 0 Å². The summed E-state index contributed by atoms with van der Waals surface area (Å²) < 4.78 is 27.2. The number of anilines is 1. The normalized spacial score (nSPS) is 13.3. The third-order valence-electron chi connectivity index (χ3n) is 2.44. The molecule has 9 heteroatoms. The van der Waals surface area contributed by atoms with Crippen molar-refractivity contribution in [3.63, 3.8) is 0 Å². The molecule has 0 aliphatic heterocycles. The summed E-state index contributed by atoms with van der Waals surface area (Å²) in [6, 6.07) is 2.20. The lowest BCUT2D eigenvalue weighted by molar-refractivity contribution is 0.566. The van der Waals surface area contributed by atoms with Gasteiger partial charge in [-0.25, -0.2) is 18.1 Å². The van der Waals surface area contributed by atoms with Crippen LogP contribution in [0.25, 0.3) is 0 Å². The van der Waals surface area contributed by atoms with Crippen molar-refractivity contribution in [2.75, 3.05) is 5.73 Å². The van der Waals surface area contributed by atoms with Crippen molar-refractivity contribution in [1.82, 2.24) is 9.71 Å². The minimum Gasteiger partial charge on any atom is -0.399 e. The molecule has 3 N–H and O–H groups in total. The summed E-state index contributed by atoms with van der Waals surface area (Å²) in [6.45, 7) is 1.69. The van der Waals surface area contributed by atoms with Crippen LogP contribution in [0.4, 0.5) is 5.69 Å². The van der Waals surface area contributed by atoms with Crippen molar-refractivity contribution >= 4 is 50.2 Å². The van der Waals surface area contributed by atoms with Crippen molar-refractivity contribution in [3.8, 4) is 0 Å². The minimum absolute atomic E-state index is 0.0196. The highest BCUT2D eigenvalue weighted by Gasteiger charge is 2.25. The Hall–Kier alpha value is -0.860. The third-order valence-corrected chi connectivity index (χ3v) is 5.86. The van der Waals surface area contributed by atoms with Crippen LogP contribution in [0.1, 0.15) is 18.0 Å². The first-order valence-electron chi connectivity index (χ1n) is 5.47. The Morgan fingerprint density at radius 3 is 2.45 bits per heavy atom. The Kier molecular flexibility index (Phi) is 4.55. The maximum atomic E-state index is 12.3. The molecule has 0 saturated carbocycles. The molecule has 0 amide bonds. The molecule has 108 valence electrons. The van der Waals surface area contributed by atoms with E-state index in [9.17, 15) is 8.42 Å². The zero-order chi connectivity index (χ0) is 14.9. The zero-order valence-corrected chi connectivity index (χ0v) is 13.4. The topological polar surface area (TPSA) is 85.1 Å². The average Bonchev–Trinajstić information content (AvgIpc) is 2.78. The number of hydrogen-bond acceptors (Lipinski definition) is 5. The number of hydrogen-bond donors (Lipinski definition) is 2.